The molecule has 0 aliphatic carbocycles. The van der Waals surface area contributed by atoms with E-state index in [4.69, 9.17) is 4.74 Å². The minimum Gasteiger partial charge on any atom is -0.490 e. The lowest BCUT2D eigenvalue weighted by Crippen LogP contribution is -2.29. The predicted molar refractivity (Wildman–Crippen MR) is 134 cm³/mol. The largest absolute Gasteiger partial charge is 0.490 e. The average Bonchev–Trinajstić information content (AvgIpc) is 2.85. The molecule has 35 heavy (non-hydrogen) atoms. The number of hydrogen-bond donors (Lipinski definition) is 3. The van der Waals surface area contributed by atoms with Crippen molar-refractivity contribution in [3.63, 3.8) is 0 Å². The van der Waals surface area contributed by atoms with E-state index in [1.165, 1.54) is 6.07 Å². The number of ether oxygens (including phenoxy) is 1. The highest BCUT2D eigenvalue weighted by molar-refractivity contribution is 7.89. The fourth-order valence-corrected chi connectivity index (χ4v) is 3.96. The first-order chi connectivity index (χ1) is 16.8. The molecule has 9 heteroatoms. The Hall–Kier alpha value is -3.27. The van der Waals surface area contributed by atoms with Crippen LogP contribution in [0.5, 0.6) is 5.75 Å². The summed E-state index contributed by atoms with van der Waals surface area (Å²) in [7, 11) is -3.75. The molecule has 1 atom stereocenters. The van der Waals surface area contributed by atoms with Gasteiger partial charge in [0.05, 0.1) is 17.9 Å². The molecule has 0 aliphatic rings. The fraction of sp³-hybridized carbons (Fsp3) is 0.269. The predicted octanol–water partition coefficient (Wildman–Crippen LogP) is 3.26. The number of aliphatic hydroxyl groups is 1. The van der Waals surface area contributed by atoms with E-state index in [9.17, 15) is 22.7 Å². The maximum Gasteiger partial charge on any atom is 0.268 e. The molecule has 0 heterocycles. The van der Waals surface area contributed by atoms with E-state index in [0.29, 0.717) is 13.1 Å². The first-order valence-electron chi connectivity index (χ1n) is 11.1. The van der Waals surface area contributed by atoms with E-state index in [1.54, 1.807) is 12.1 Å². The van der Waals surface area contributed by atoms with Crippen molar-refractivity contribution in [2.75, 3.05) is 32.6 Å². The molecule has 7 nitrogen and oxygen atoms in total. The molecule has 3 aromatic rings. The van der Waals surface area contributed by atoms with Crippen LogP contribution in [-0.4, -0.2) is 52.1 Å². The van der Waals surface area contributed by atoms with Gasteiger partial charge in [-0.05, 0) is 47.4 Å². The molecular weight excluding hydrogens is 471 g/mol. The van der Waals surface area contributed by atoms with E-state index in [1.807, 2.05) is 59.3 Å². The monoisotopic (exact) mass is 500 g/mol. The highest BCUT2D eigenvalue weighted by Crippen LogP contribution is 2.28. The fourth-order valence-electron chi connectivity index (χ4n) is 3.51. The van der Waals surface area contributed by atoms with E-state index < -0.39 is 28.7 Å². The average molecular weight is 501 g/mol. The molecule has 0 bridgehead atoms. The van der Waals surface area contributed by atoms with Crippen LogP contribution in [0.25, 0.3) is 11.1 Å². The van der Waals surface area contributed by atoms with Crippen molar-refractivity contribution in [3.05, 3.63) is 89.5 Å². The van der Waals surface area contributed by atoms with Gasteiger partial charge in [-0.3, -0.25) is 4.79 Å². The Kier molecular flexibility index (Phi) is 9.36. The zero-order valence-corrected chi connectivity index (χ0v) is 20.2. The third-order valence-electron chi connectivity index (χ3n) is 5.24. The van der Waals surface area contributed by atoms with Crippen LogP contribution >= 0.6 is 0 Å². The number of benzene rings is 3. The highest BCUT2D eigenvalue weighted by atomic mass is 32.2. The van der Waals surface area contributed by atoms with Crippen LogP contribution in [-0.2, 0) is 16.4 Å². The van der Waals surface area contributed by atoms with Gasteiger partial charge >= 0.3 is 0 Å². The standard InChI is InChI=1S/C26H29FN2O5S/c1-35(32,33)29-26(31)23-12-11-22(17-25(23)34-16-14-27)20-9-7-19(8-10-20)13-15-28-18-24(30)21-5-3-2-4-6-21/h2-12,17,24,28,30H,13-16,18H2,1H3,(H,29,31)/t24-/m0/s1. The summed E-state index contributed by atoms with van der Waals surface area (Å²) in [5, 5.41) is 13.5. The number of rotatable bonds is 12. The third-order valence-corrected chi connectivity index (χ3v) is 5.79. The molecule has 186 valence electrons. The molecule has 0 aliphatic heterocycles. The van der Waals surface area contributed by atoms with Crippen molar-refractivity contribution in [1.82, 2.24) is 10.0 Å². The van der Waals surface area contributed by atoms with Crippen molar-refractivity contribution in [3.8, 4) is 16.9 Å². The van der Waals surface area contributed by atoms with Gasteiger partial charge in [-0.1, -0.05) is 60.7 Å². The second-order valence-electron chi connectivity index (χ2n) is 8.03. The van der Waals surface area contributed by atoms with Crippen molar-refractivity contribution in [2.24, 2.45) is 0 Å². The molecule has 0 saturated carbocycles. The van der Waals surface area contributed by atoms with Gasteiger partial charge in [0.25, 0.3) is 5.91 Å². The van der Waals surface area contributed by atoms with Crippen LogP contribution in [0.4, 0.5) is 4.39 Å². The Morgan fingerprint density at radius 1 is 1.03 bits per heavy atom. The van der Waals surface area contributed by atoms with Crippen LogP contribution in [0.15, 0.2) is 72.8 Å². The Morgan fingerprint density at radius 3 is 2.37 bits per heavy atom. The van der Waals surface area contributed by atoms with Gasteiger partial charge in [-0.15, -0.1) is 0 Å². The second-order valence-corrected chi connectivity index (χ2v) is 9.78. The topological polar surface area (TPSA) is 105 Å². The zero-order valence-electron chi connectivity index (χ0n) is 19.4. The molecule has 0 unspecified atom stereocenters. The summed E-state index contributed by atoms with van der Waals surface area (Å²) in [4.78, 5) is 12.3. The van der Waals surface area contributed by atoms with Crippen LogP contribution in [0.2, 0.25) is 0 Å². The van der Waals surface area contributed by atoms with Crippen LogP contribution in [0, 0.1) is 0 Å². The van der Waals surface area contributed by atoms with Gasteiger partial charge in [-0.2, -0.15) is 0 Å². The van der Waals surface area contributed by atoms with Gasteiger partial charge in [0.15, 0.2) is 0 Å². The quantitative estimate of drug-likeness (QED) is 0.330. The summed E-state index contributed by atoms with van der Waals surface area (Å²) < 4.78 is 42.7. The number of carbonyl (C=O) groups is 1. The van der Waals surface area contributed by atoms with E-state index in [-0.39, 0.29) is 17.9 Å². The SMILES string of the molecule is CS(=O)(=O)NC(=O)c1ccc(-c2ccc(CCNC[C@H](O)c3ccccc3)cc2)cc1OCCF. The number of sulfonamides is 1. The van der Waals surface area contributed by atoms with Crippen LogP contribution in [0.1, 0.15) is 27.6 Å². The number of nitrogens with one attached hydrogen (secondary N) is 2. The zero-order chi connectivity index (χ0) is 25.3. The van der Waals surface area contributed by atoms with E-state index in [0.717, 1.165) is 34.9 Å². The maximum absolute atomic E-state index is 12.7. The minimum atomic E-state index is -3.75. The summed E-state index contributed by atoms with van der Waals surface area (Å²) in [5.41, 5.74) is 3.59. The first-order valence-corrected chi connectivity index (χ1v) is 13.0. The van der Waals surface area contributed by atoms with E-state index >= 15 is 0 Å². The Labute approximate surface area is 205 Å². The molecule has 0 fully saturated rings. The van der Waals surface area contributed by atoms with Gasteiger partial charge < -0.3 is 15.2 Å². The lowest BCUT2D eigenvalue weighted by Gasteiger charge is -2.13. The molecule has 0 spiro atoms. The van der Waals surface area contributed by atoms with Crippen LogP contribution < -0.4 is 14.8 Å². The smallest absolute Gasteiger partial charge is 0.268 e. The molecule has 0 radical (unpaired) electrons. The number of aliphatic hydroxyl groups excluding tert-OH is 1. The number of alkyl halides is 1. The molecule has 0 saturated heterocycles. The summed E-state index contributed by atoms with van der Waals surface area (Å²) in [5.74, 6) is -0.736. The molecule has 3 rings (SSSR count). The van der Waals surface area contributed by atoms with Crippen molar-refractivity contribution < 1.29 is 27.4 Å². The number of hydrogen-bond acceptors (Lipinski definition) is 6. The maximum atomic E-state index is 12.7. The summed E-state index contributed by atoms with van der Waals surface area (Å²) in [6.07, 6.45) is 1.09. The Balaban J connectivity index is 1.62. The highest BCUT2D eigenvalue weighted by Gasteiger charge is 2.17. The molecular formula is C26H29FN2O5S. The third kappa shape index (κ3) is 8.17. The number of carbonyl (C=O) groups excluding carboxylic acids is 1. The first kappa shape index (κ1) is 26.3. The van der Waals surface area contributed by atoms with Gasteiger partial charge in [0.1, 0.15) is 19.0 Å². The molecule has 3 N–H and O–H groups in total. The van der Waals surface area contributed by atoms with Crippen molar-refractivity contribution in [2.45, 2.75) is 12.5 Å². The summed E-state index contributed by atoms with van der Waals surface area (Å²) in [6.45, 7) is 0.160. The van der Waals surface area contributed by atoms with E-state index in [2.05, 4.69) is 5.32 Å². The van der Waals surface area contributed by atoms with Gasteiger partial charge in [0, 0.05) is 6.54 Å². The van der Waals surface area contributed by atoms with Crippen LogP contribution in [0.3, 0.4) is 0 Å². The van der Waals surface area contributed by atoms with Gasteiger partial charge in [0.2, 0.25) is 10.0 Å². The lowest BCUT2D eigenvalue weighted by atomic mass is 10.0. The Morgan fingerprint density at radius 2 is 1.71 bits per heavy atom. The van der Waals surface area contributed by atoms with Crippen molar-refractivity contribution >= 4 is 15.9 Å². The second kappa shape index (κ2) is 12.4. The summed E-state index contributed by atoms with van der Waals surface area (Å²) >= 11 is 0. The Bertz CT molecular complexity index is 1220. The van der Waals surface area contributed by atoms with Gasteiger partial charge in [-0.25, -0.2) is 17.5 Å². The minimum absolute atomic E-state index is 0.00742. The molecule has 3 aromatic carbocycles. The normalized spacial score (nSPS) is 12.2. The lowest BCUT2D eigenvalue weighted by molar-refractivity contribution is 0.0977. The van der Waals surface area contributed by atoms with Crippen molar-refractivity contribution in [1.29, 1.82) is 0 Å². The number of amides is 1. The molecule has 1 amide bonds. The molecule has 0 aromatic heterocycles. The number of halogens is 1. The summed E-state index contributed by atoms with van der Waals surface area (Å²) in [6, 6.07) is 22.0.